The summed E-state index contributed by atoms with van der Waals surface area (Å²) in [6.45, 7) is 2.11. The van der Waals surface area contributed by atoms with E-state index >= 15 is 0 Å². The SMILES string of the molecule is CCC(N)c1nc2c(s1)CSCC2. The molecule has 1 atom stereocenters. The van der Waals surface area contributed by atoms with E-state index in [1.807, 2.05) is 23.1 Å². The van der Waals surface area contributed by atoms with Crippen LogP contribution in [0.15, 0.2) is 0 Å². The normalized spacial score (nSPS) is 18.3. The maximum absolute atomic E-state index is 5.95. The Bertz CT molecular complexity index is 272. The molecule has 2 heterocycles. The topological polar surface area (TPSA) is 38.9 Å². The molecule has 2 N–H and O–H groups in total. The predicted octanol–water partition coefficient (Wildman–Crippen LogP) is 2.34. The molecule has 0 spiro atoms. The van der Waals surface area contributed by atoms with Crippen LogP contribution in [0.5, 0.6) is 0 Å². The van der Waals surface area contributed by atoms with Crippen LogP contribution in [0.4, 0.5) is 0 Å². The third-order valence-corrected chi connectivity index (χ3v) is 4.67. The van der Waals surface area contributed by atoms with Gasteiger partial charge in [-0.2, -0.15) is 11.8 Å². The number of hydrogen-bond acceptors (Lipinski definition) is 4. The molecule has 1 aliphatic heterocycles. The molecule has 4 heteroatoms. The molecular formula is C9H14N2S2. The Labute approximate surface area is 86.9 Å². The first kappa shape index (κ1) is 9.49. The van der Waals surface area contributed by atoms with Crippen LogP contribution >= 0.6 is 23.1 Å². The van der Waals surface area contributed by atoms with E-state index in [2.05, 4.69) is 11.9 Å². The Morgan fingerprint density at radius 2 is 2.46 bits per heavy atom. The molecule has 0 fully saturated rings. The molecule has 0 aromatic carbocycles. The summed E-state index contributed by atoms with van der Waals surface area (Å²) in [4.78, 5) is 6.06. The van der Waals surface area contributed by atoms with Crippen molar-refractivity contribution in [3.63, 3.8) is 0 Å². The molecule has 1 aromatic heterocycles. The van der Waals surface area contributed by atoms with Gasteiger partial charge in [0, 0.05) is 10.6 Å². The monoisotopic (exact) mass is 214 g/mol. The highest BCUT2D eigenvalue weighted by Crippen LogP contribution is 2.31. The summed E-state index contributed by atoms with van der Waals surface area (Å²) in [5.74, 6) is 2.36. The van der Waals surface area contributed by atoms with Gasteiger partial charge in [0.05, 0.1) is 11.7 Å². The van der Waals surface area contributed by atoms with E-state index in [-0.39, 0.29) is 6.04 Å². The van der Waals surface area contributed by atoms with E-state index in [9.17, 15) is 0 Å². The van der Waals surface area contributed by atoms with Crippen LogP contribution in [0, 0.1) is 0 Å². The standard InChI is InChI=1S/C9H14N2S2/c1-2-6(10)9-11-7-3-4-12-5-8(7)13-9/h6H,2-5,10H2,1H3. The maximum Gasteiger partial charge on any atom is 0.110 e. The quantitative estimate of drug-likeness (QED) is 0.821. The number of aromatic nitrogens is 1. The van der Waals surface area contributed by atoms with Gasteiger partial charge in [-0.1, -0.05) is 6.92 Å². The minimum Gasteiger partial charge on any atom is -0.322 e. The van der Waals surface area contributed by atoms with Gasteiger partial charge in [0.2, 0.25) is 0 Å². The van der Waals surface area contributed by atoms with E-state index in [1.54, 1.807) is 0 Å². The summed E-state index contributed by atoms with van der Waals surface area (Å²) in [5, 5.41) is 1.13. The number of thioether (sulfide) groups is 1. The highest BCUT2D eigenvalue weighted by atomic mass is 32.2. The van der Waals surface area contributed by atoms with Gasteiger partial charge in [0.25, 0.3) is 0 Å². The van der Waals surface area contributed by atoms with Crippen molar-refractivity contribution in [3.05, 3.63) is 15.6 Å². The molecule has 2 nitrogen and oxygen atoms in total. The number of nitrogens with zero attached hydrogens (tertiary/aromatic N) is 1. The fourth-order valence-electron chi connectivity index (χ4n) is 1.38. The molecule has 2 rings (SSSR count). The molecule has 0 amide bonds. The Kier molecular flexibility index (Phi) is 2.91. The van der Waals surface area contributed by atoms with Crippen LogP contribution in [0.3, 0.4) is 0 Å². The van der Waals surface area contributed by atoms with E-state index < -0.39 is 0 Å². The van der Waals surface area contributed by atoms with Gasteiger partial charge in [-0.05, 0) is 18.6 Å². The molecule has 72 valence electrons. The van der Waals surface area contributed by atoms with Gasteiger partial charge in [-0.25, -0.2) is 4.98 Å². The van der Waals surface area contributed by atoms with E-state index in [4.69, 9.17) is 5.73 Å². The van der Waals surface area contributed by atoms with Gasteiger partial charge < -0.3 is 5.73 Å². The van der Waals surface area contributed by atoms with Gasteiger partial charge in [-0.15, -0.1) is 11.3 Å². The van der Waals surface area contributed by atoms with Crippen molar-refractivity contribution < 1.29 is 0 Å². The highest BCUT2D eigenvalue weighted by Gasteiger charge is 2.17. The second kappa shape index (κ2) is 3.98. The van der Waals surface area contributed by atoms with Crippen molar-refractivity contribution >= 4 is 23.1 Å². The lowest BCUT2D eigenvalue weighted by molar-refractivity contribution is 0.689. The summed E-state index contributed by atoms with van der Waals surface area (Å²) in [6.07, 6.45) is 2.12. The predicted molar refractivity (Wildman–Crippen MR) is 59.2 cm³/mol. The average molecular weight is 214 g/mol. The smallest absolute Gasteiger partial charge is 0.110 e. The Hall–Kier alpha value is -0.0600. The Morgan fingerprint density at radius 1 is 1.62 bits per heavy atom. The van der Waals surface area contributed by atoms with Crippen molar-refractivity contribution in [2.45, 2.75) is 31.6 Å². The van der Waals surface area contributed by atoms with Crippen LogP contribution < -0.4 is 5.73 Å². The number of fused-ring (bicyclic) bond motifs is 1. The number of rotatable bonds is 2. The lowest BCUT2D eigenvalue weighted by Crippen LogP contribution is -2.08. The van der Waals surface area contributed by atoms with Crippen LogP contribution in [-0.2, 0) is 12.2 Å². The van der Waals surface area contributed by atoms with Gasteiger partial charge in [0.15, 0.2) is 0 Å². The first-order valence-corrected chi connectivity index (χ1v) is 6.60. The van der Waals surface area contributed by atoms with Crippen LogP contribution in [0.2, 0.25) is 0 Å². The molecule has 0 bridgehead atoms. The molecule has 0 saturated heterocycles. The molecule has 0 radical (unpaired) electrons. The van der Waals surface area contributed by atoms with E-state index in [1.165, 1.54) is 16.3 Å². The number of thiazole rings is 1. The second-order valence-electron chi connectivity index (χ2n) is 3.24. The van der Waals surface area contributed by atoms with E-state index in [0.717, 1.165) is 23.6 Å². The lowest BCUT2D eigenvalue weighted by Gasteiger charge is -2.06. The molecule has 0 aliphatic carbocycles. The zero-order valence-electron chi connectivity index (χ0n) is 7.75. The fraction of sp³-hybridized carbons (Fsp3) is 0.667. The maximum atomic E-state index is 5.95. The summed E-state index contributed by atoms with van der Waals surface area (Å²) in [6, 6.07) is 0.153. The van der Waals surface area contributed by atoms with Crippen molar-refractivity contribution in [1.82, 2.24) is 4.98 Å². The van der Waals surface area contributed by atoms with Crippen LogP contribution in [0.25, 0.3) is 0 Å². The van der Waals surface area contributed by atoms with Crippen LogP contribution in [0.1, 0.15) is 35.0 Å². The van der Waals surface area contributed by atoms with Crippen molar-refractivity contribution in [3.8, 4) is 0 Å². The van der Waals surface area contributed by atoms with Gasteiger partial charge in [-0.3, -0.25) is 0 Å². The first-order chi connectivity index (χ1) is 6.31. The lowest BCUT2D eigenvalue weighted by atomic mass is 10.2. The van der Waals surface area contributed by atoms with Gasteiger partial charge >= 0.3 is 0 Å². The minimum absolute atomic E-state index is 0.153. The zero-order chi connectivity index (χ0) is 9.26. The minimum atomic E-state index is 0.153. The first-order valence-electron chi connectivity index (χ1n) is 4.63. The number of hydrogen-bond donors (Lipinski definition) is 1. The largest absolute Gasteiger partial charge is 0.322 e. The van der Waals surface area contributed by atoms with Crippen LogP contribution in [-0.4, -0.2) is 10.7 Å². The van der Waals surface area contributed by atoms with Crippen molar-refractivity contribution in [1.29, 1.82) is 0 Å². The molecule has 1 aliphatic rings. The summed E-state index contributed by atoms with van der Waals surface area (Å²) >= 11 is 3.81. The molecular weight excluding hydrogens is 200 g/mol. The zero-order valence-corrected chi connectivity index (χ0v) is 9.38. The summed E-state index contributed by atoms with van der Waals surface area (Å²) in [7, 11) is 0. The fourth-order valence-corrected chi connectivity index (χ4v) is 3.69. The molecule has 13 heavy (non-hydrogen) atoms. The number of nitrogens with two attached hydrogens (primary N) is 1. The Balaban J connectivity index is 2.25. The highest BCUT2D eigenvalue weighted by molar-refractivity contribution is 7.98. The Morgan fingerprint density at radius 3 is 3.15 bits per heavy atom. The van der Waals surface area contributed by atoms with Crippen molar-refractivity contribution in [2.75, 3.05) is 5.75 Å². The molecule has 1 aromatic rings. The summed E-state index contributed by atoms with van der Waals surface area (Å²) in [5.41, 5.74) is 7.26. The summed E-state index contributed by atoms with van der Waals surface area (Å²) < 4.78 is 0. The molecule has 0 saturated carbocycles. The van der Waals surface area contributed by atoms with E-state index in [0.29, 0.717) is 0 Å². The number of aryl methyl sites for hydroxylation is 1. The third-order valence-electron chi connectivity index (χ3n) is 2.27. The average Bonchev–Trinajstić information content (AvgIpc) is 2.59. The van der Waals surface area contributed by atoms with Gasteiger partial charge in [0.1, 0.15) is 5.01 Å². The third kappa shape index (κ3) is 1.90. The second-order valence-corrected chi connectivity index (χ2v) is 5.46. The molecule has 1 unspecified atom stereocenters. The van der Waals surface area contributed by atoms with Crippen molar-refractivity contribution in [2.24, 2.45) is 5.73 Å².